The molecule has 0 aliphatic carbocycles. The molecule has 2 unspecified atom stereocenters. The van der Waals surface area contributed by atoms with Crippen molar-refractivity contribution < 1.29 is 21.9 Å². The van der Waals surface area contributed by atoms with Crippen molar-refractivity contribution in [2.24, 2.45) is 0 Å². The Morgan fingerprint density at radius 2 is 2.11 bits per heavy atom. The van der Waals surface area contributed by atoms with Crippen LogP contribution in [0.5, 0.6) is 0 Å². The second-order valence-corrected chi connectivity index (χ2v) is 6.23. The summed E-state index contributed by atoms with van der Waals surface area (Å²) in [6, 6.07) is -1.65. The van der Waals surface area contributed by atoms with Gasteiger partial charge in [0.05, 0.1) is 19.7 Å². The van der Waals surface area contributed by atoms with Crippen LogP contribution in [0.1, 0.15) is 49.2 Å². The molecule has 0 bridgehead atoms. The Hall–Kier alpha value is -0.420. The van der Waals surface area contributed by atoms with Crippen LogP contribution >= 0.6 is 15.9 Å². The fourth-order valence-electron chi connectivity index (χ4n) is 2.62. The number of likely N-dealkylation sites (tertiary alicyclic amines) is 1. The molecular formula is C13H23BrNO3+. The molecule has 1 fully saturated rings. The molecule has 1 N–H and O–H groups in total. The zero-order chi connectivity index (χ0) is 15.8. The lowest BCUT2D eigenvalue weighted by Gasteiger charge is -2.50. The first-order chi connectivity index (χ1) is 9.03. The number of piperidine rings is 1. The molecule has 0 aromatic carbocycles. The number of carbonyl (C=O) groups excluding carboxylic acids is 1. The van der Waals surface area contributed by atoms with E-state index >= 15 is 0 Å². The number of Topliss-reactive ketones (excluding diaryl/α,β-unsaturated/α-hetero) is 1. The summed E-state index contributed by atoms with van der Waals surface area (Å²) >= 11 is 3.06. The van der Waals surface area contributed by atoms with Crippen LogP contribution in [0.3, 0.4) is 0 Å². The SMILES string of the molecule is [2H]C1CCC[N+](C(=O)O)(C(C)(C)C)[C@]1([2H])CC(=O)CBr. The molecule has 0 spiro atoms. The summed E-state index contributed by atoms with van der Waals surface area (Å²) in [4.78, 5) is 23.8. The monoisotopic (exact) mass is 322 g/mol. The van der Waals surface area contributed by atoms with Gasteiger partial charge in [0.25, 0.3) is 0 Å². The molecule has 104 valence electrons. The van der Waals surface area contributed by atoms with E-state index in [9.17, 15) is 14.7 Å². The maximum absolute atomic E-state index is 12.0. The van der Waals surface area contributed by atoms with E-state index in [4.69, 9.17) is 2.74 Å². The summed E-state index contributed by atoms with van der Waals surface area (Å²) in [5.74, 6) is -0.229. The van der Waals surface area contributed by atoms with Crippen LogP contribution < -0.4 is 0 Å². The summed E-state index contributed by atoms with van der Waals surface area (Å²) in [5.41, 5.74) is -0.750. The number of ketones is 1. The van der Waals surface area contributed by atoms with Gasteiger partial charge in [-0.1, -0.05) is 15.9 Å². The van der Waals surface area contributed by atoms with Crippen molar-refractivity contribution in [3.63, 3.8) is 0 Å². The minimum absolute atomic E-state index is 0.0874. The molecule has 0 saturated carbocycles. The predicted octanol–water partition coefficient (Wildman–Crippen LogP) is 3.19. The second-order valence-electron chi connectivity index (χ2n) is 5.67. The van der Waals surface area contributed by atoms with Crippen LogP contribution in [0.2, 0.25) is 0 Å². The van der Waals surface area contributed by atoms with Gasteiger partial charge in [-0.15, -0.1) is 0 Å². The third-order valence-electron chi connectivity index (χ3n) is 3.57. The number of halogens is 1. The van der Waals surface area contributed by atoms with E-state index < -0.39 is 28.5 Å². The van der Waals surface area contributed by atoms with E-state index in [1.54, 1.807) is 20.8 Å². The molecule has 1 aliphatic heterocycles. The first-order valence-electron chi connectivity index (χ1n) is 7.22. The van der Waals surface area contributed by atoms with Crippen molar-refractivity contribution in [2.75, 3.05) is 11.9 Å². The Labute approximate surface area is 120 Å². The van der Waals surface area contributed by atoms with Gasteiger partial charge in [-0.05, 0) is 33.6 Å². The number of alkyl halides is 1. The Balaban J connectivity index is 3.43. The van der Waals surface area contributed by atoms with Crippen LogP contribution in [0.25, 0.3) is 0 Å². The Morgan fingerprint density at radius 3 is 2.56 bits per heavy atom. The number of quaternary nitrogens is 1. The molecule has 1 rings (SSSR count). The molecule has 1 aliphatic rings. The number of amides is 1. The van der Waals surface area contributed by atoms with Crippen molar-refractivity contribution in [1.82, 2.24) is 0 Å². The van der Waals surface area contributed by atoms with Gasteiger partial charge in [-0.2, -0.15) is 4.79 Å². The normalized spacial score (nSPS) is 38.8. The Bertz CT molecular complexity index is 413. The van der Waals surface area contributed by atoms with Gasteiger partial charge in [0.15, 0.2) is 0 Å². The summed E-state index contributed by atoms with van der Waals surface area (Å²) < 4.78 is 16.4. The molecule has 0 aromatic rings. The quantitative estimate of drug-likeness (QED) is 0.641. The molecule has 4 nitrogen and oxygen atoms in total. The van der Waals surface area contributed by atoms with E-state index in [-0.39, 0.29) is 24.1 Å². The summed E-state index contributed by atoms with van der Waals surface area (Å²) in [6.07, 6.45) is -1.17. The van der Waals surface area contributed by atoms with Gasteiger partial charge in [0.1, 0.15) is 17.3 Å². The van der Waals surface area contributed by atoms with E-state index in [0.717, 1.165) is 0 Å². The zero-order valence-electron chi connectivity index (χ0n) is 13.2. The van der Waals surface area contributed by atoms with Crippen molar-refractivity contribution >= 4 is 27.8 Å². The third kappa shape index (κ3) is 2.77. The van der Waals surface area contributed by atoms with Crippen LogP contribution in [-0.2, 0) is 4.79 Å². The van der Waals surface area contributed by atoms with Gasteiger partial charge in [-0.3, -0.25) is 4.79 Å². The van der Waals surface area contributed by atoms with Gasteiger partial charge in [0.2, 0.25) is 0 Å². The van der Waals surface area contributed by atoms with Crippen molar-refractivity contribution in [2.45, 2.75) is 58.0 Å². The van der Waals surface area contributed by atoms with E-state index in [1.807, 2.05) is 0 Å². The highest BCUT2D eigenvalue weighted by molar-refractivity contribution is 9.09. The average molecular weight is 323 g/mol. The molecule has 18 heavy (non-hydrogen) atoms. The highest BCUT2D eigenvalue weighted by atomic mass is 79.9. The first-order valence-corrected chi connectivity index (χ1v) is 7.27. The van der Waals surface area contributed by atoms with E-state index in [2.05, 4.69) is 15.9 Å². The number of carboxylic acid groups (broad SMARTS) is 1. The lowest BCUT2D eigenvalue weighted by Crippen LogP contribution is -2.70. The minimum atomic E-state index is -1.65. The van der Waals surface area contributed by atoms with E-state index in [1.165, 1.54) is 0 Å². The van der Waals surface area contributed by atoms with Crippen LogP contribution in [-0.4, -0.2) is 44.9 Å². The smallest absolute Gasteiger partial charge is 0.435 e. The second kappa shape index (κ2) is 5.70. The van der Waals surface area contributed by atoms with Crippen molar-refractivity contribution in [1.29, 1.82) is 0 Å². The predicted molar refractivity (Wildman–Crippen MR) is 74.0 cm³/mol. The number of carbonyl (C=O) groups is 2. The number of nitrogens with zero attached hydrogens (tertiary/aromatic N) is 1. The van der Waals surface area contributed by atoms with Crippen LogP contribution in [0.4, 0.5) is 4.79 Å². The maximum Gasteiger partial charge on any atom is 0.514 e. The fraction of sp³-hybridized carbons (Fsp3) is 0.846. The van der Waals surface area contributed by atoms with Crippen molar-refractivity contribution in [3.05, 3.63) is 0 Å². The topological polar surface area (TPSA) is 54.4 Å². The molecule has 0 aromatic heterocycles. The Kier molecular flexibility index (Phi) is 3.99. The fourth-order valence-corrected chi connectivity index (χ4v) is 2.82. The van der Waals surface area contributed by atoms with Gasteiger partial charge in [0, 0.05) is 7.77 Å². The number of rotatable bonds is 3. The van der Waals surface area contributed by atoms with Gasteiger partial charge >= 0.3 is 6.09 Å². The highest BCUT2D eigenvalue weighted by Crippen LogP contribution is 2.37. The summed E-state index contributed by atoms with van der Waals surface area (Å²) in [6.45, 7) is 5.58. The first kappa shape index (κ1) is 12.6. The third-order valence-corrected chi connectivity index (χ3v) is 4.19. The maximum atomic E-state index is 12.0. The van der Waals surface area contributed by atoms with Crippen LogP contribution in [0, 0.1) is 0 Å². The number of hydrogen-bond acceptors (Lipinski definition) is 2. The largest absolute Gasteiger partial charge is 0.514 e. The molecule has 1 amide bonds. The molecular weight excluding hydrogens is 298 g/mol. The zero-order valence-corrected chi connectivity index (χ0v) is 12.8. The van der Waals surface area contributed by atoms with Crippen molar-refractivity contribution in [3.8, 4) is 0 Å². The molecule has 3 atom stereocenters. The van der Waals surface area contributed by atoms with E-state index in [0.29, 0.717) is 12.8 Å². The standard InChI is InChI=1S/C13H22BrNO3/c1-13(2,3)15(12(17)18)7-5-4-6-10(15)8-11(16)9-14/h10H,4-9H2,1-3H3/p+1/t10-,15?/m0/s1/i6D,10D/t6?,10-,15?. The number of hydrogen-bond donors (Lipinski definition) is 1. The van der Waals surface area contributed by atoms with Crippen LogP contribution in [0.15, 0.2) is 0 Å². The molecule has 1 heterocycles. The lowest BCUT2D eigenvalue weighted by atomic mass is 9.87. The van der Waals surface area contributed by atoms with Gasteiger partial charge in [-0.25, -0.2) is 4.48 Å². The summed E-state index contributed by atoms with van der Waals surface area (Å²) in [7, 11) is 0. The molecule has 0 radical (unpaired) electrons. The average Bonchev–Trinajstić information content (AvgIpc) is 2.30. The molecule has 5 heteroatoms. The highest BCUT2D eigenvalue weighted by Gasteiger charge is 2.54. The molecule has 1 saturated heterocycles. The Morgan fingerprint density at radius 1 is 1.50 bits per heavy atom. The summed E-state index contributed by atoms with van der Waals surface area (Å²) in [5, 5.41) is 9.90. The minimum Gasteiger partial charge on any atom is -0.435 e. The lowest BCUT2D eigenvalue weighted by molar-refractivity contribution is -0.930. The van der Waals surface area contributed by atoms with Gasteiger partial charge < -0.3 is 5.11 Å².